The van der Waals surface area contributed by atoms with Crippen LogP contribution in [0.15, 0.2) is 23.1 Å². The number of carboxylic acids is 1. The van der Waals surface area contributed by atoms with Gasteiger partial charge < -0.3 is 10.4 Å². The molecule has 1 aromatic carbocycles. The fraction of sp³-hybridized carbons (Fsp3) is 0.562. The third-order valence-corrected chi connectivity index (χ3v) is 4.15. The van der Waals surface area contributed by atoms with Crippen molar-refractivity contribution < 1.29 is 23.1 Å². The number of halogens is 3. The van der Waals surface area contributed by atoms with E-state index in [-0.39, 0.29) is 12.0 Å². The largest absolute Gasteiger partial charge is 0.478 e. The first-order chi connectivity index (χ1) is 11.3. The molecule has 0 amide bonds. The number of unbranched alkanes of at least 4 members (excludes halogenated alkanes) is 4. The predicted octanol–water partition coefficient (Wildman–Crippen LogP) is 4.93. The highest BCUT2D eigenvalue weighted by atomic mass is 32.2. The van der Waals surface area contributed by atoms with Gasteiger partial charge in [-0.2, -0.15) is 13.2 Å². The van der Waals surface area contributed by atoms with Gasteiger partial charge in [-0.05, 0) is 50.0 Å². The van der Waals surface area contributed by atoms with Crippen LogP contribution in [-0.4, -0.2) is 30.8 Å². The lowest BCUT2D eigenvalue weighted by Crippen LogP contribution is -2.07. The quantitative estimate of drug-likeness (QED) is 0.384. The second kappa shape index (κ2) is 10.5. The molecule has 0 radical (unpaired) electrons. The lowest BCUT2D eigenvalue weighted by molar-refractivity contribution is -0.135. The molecule has 0 spiro atoms. The van der Waals surface area contributed by atoms with Crippen molar-refractivity contribution >= 4 is 23.6 Å². The van der Waals surface area contributed by atoms with Gasteiger partial charge in [-0.15, -0.1) is 0 Å². The molecule has 1 rings (SSSR count). The molecule has 0 aliphatic rings. The fourth-order valence-corrected chi connectivity index (χ4v) is 2.86. The van der Waals surface area contributed by atoms with Crippen LogP contribution in [0.5, 0.6) is 0 Å². The molecule has 0 unspecified atom stereocenters. The molecule has 0 bridgehead atoms. The number of carboxylic acid groups (broad SMARTS) is 1. The minimum atomic E-state index is -4.05. The van der Waals surface area contributed by atoms with E-state index >= 15 is 0 Å². The van der Waals surface area contributed by atoms with Gasteiger partial charge in [-0.1, -0.05) is 19.3 Å². The van der Waals surface area contributed by atoms with Crippen molar-refractivity contribution in [1.82, 2.24) is 4.72 Å². The van der Waals surface area contributed by atoms with Gasteiger partial charge in [0.2, 0.25) is 0 Å². The Morgan fingerprint density at radius 1 is 1.17 bits per heavy atom. The second-order valence-corrected chi connectivity index (χ2v) is 6.43. The van der Waals surface area contributed by atoms with Crippen molar-refractivity contribution in [3.05, 3.63) is 23.8 Å². The van der Waals surface area contributed by atoms with E-state index < -0.39 is 18.6 Å². The standard InChI is InChI=1S/C16H23F3N2O2S/c1-20-24-14-11-12(15(22)23)7-8-13(14)21-10-6-4-2-3-5-9-16(17,18)19/h7-8,11,20-21H,2-6,9-10H2,1H3,(H,22,23). The summed E-state index contributed by atoms with van der Waals surface area (Å²) in [7, 11) is 1.75. The van der Waals surface area contributed by atoms with Gasteiger partial charge in [0.1, 0.15) is 0 Å². The summed E-state index contributed by atoms with van der Waals surface area (Å²) in [4.78, 5) is 11.8. The highest BCUT2D eigenvalue weighted by molar-refractivity contribution is 7.97. The molecular formula is C16H23F3N2O2S. The summed E-state index contributed by atoms with van der Waals surface area (Å²) in [5, 5.41) is 12.3. The van der Waals surface area contributed by atoms with Gasteiger partial charge in [0.15, 0.2) is 0 Å². The number of aromatic carboxylic acids is 1. The number of rotatable bonds is 11. The molecule has 1 aromatic rings. The van der Waals surface area contributed by atoms with Gasteiger partial charge in [0, 0.05) is 23.5 Å². The Balaban J connectivity index is 2.30. The van der Waals surface area contributed by atoms with Gasteiger partial charge in [0.05, 0.1) is 5.56 Å². The zero-order valence-corrected chi connectivity index (χ0v) is 14.4. The summed E-state index contributed by atoms with van der Waals surface area (Å²) in [5.74, 6) is -0.974. The first kappa shape index (κ1) is 20.6. The number of anilines is 1. The minimum absolute atomic E-state index is 0.191. The van der Waals surface area contributed by atoms with Crippen LogP contribution in [0.4, 0.5) is 18.9 Å². The molecule has 0 heterocycles. The third kappa shape index (κ3) is 8.44. The molecule has 0 atom stereocenters. The third-order valence-electron chi connectivity index (χ3n) is 3.39. The van der Waals surface area contributed by atoms with E-state index in [2.05, 4.69) is 10.0 Å². The maximum atomic E-state index is 12.0. The topological polar surface area (TPSA) is 61.4 Å². The van der Waals surface area contributed by atoms with Gasteiger partial charge in [0.25, 0.3) is 0 Å². The minimum Gasteiger partial charge on any atom is -0.478 e. The number of alkyl halides is 3. The molecule has 0 saturated carbocycles. The molecule has 3 N–H and O–H groups in total. The van der Waals surface area contributed by atoms with Crippen LogP contribution in [0.1, 0.15) is 48.9 Å². The zero-order valence-electron chi connectivity index (χ0n) is 13.6. The molecule has 0 saturated heterocycles. The normalized spacial score (nSPS) is 11.5. The number of hydrogen-bond acceptors (Lipinski definition) is 4. The van der Waals surface area contributed by atoms with Gasteiger partial charge in [-0.25, -0.2) is 4.79 Å². The van der Waals surface area contributed by atoms with E-state index in [4.69, 9.17) is 5.11 Å². The predicted molar refractivity (Wildman–Crippen MR) is 90.6 cm³/mol. The molecule has 136 valence electrons. The van der Waals surface area contributed by atoms with Gasteiger partial charge in [-0.3, -0.25) is 4.72 Å². The maximum Gasteiger partial charge on any atom is 0.389 e. The van der Waals surface area contributed by atoms with E-state index in [1.807, 2.05) is 0 Å². The molecule has 8 heteroatoms. The summed E-state index contributed by atoms with van der Waals surface area (Å²) >= 11 is 1.33. The Hall–Kier alpha value is -1.41. The SMILES string of the molecule is CNSc1cc(C(=O)O)ccc1NCCCCCCCC(F)(F)F. The summed E-state index contributed by atoms with van der Waals surface area (Å²) in [6.45, 7) is 0.697. The maximum absolute atomic E-state index is 12.0. The highest BCUT2D eigenvalue weighted by Crippen LogP contribution is 2.26. The van der Waals surface area contributed by atoms with E-state index in [0.717, 1.165) is 29.8 Å². The number of benzene rings is 1. The molecule has 0 aliphatic carbocycles. The fourth-order valence-electron chi connectivity index (χ4n) is 2.20. The van der Waals surface area contributed by atoms with Crippen molar-refractivity contribution in [1.29, 1.82) is 0 Å². The molecule has 4 nitrogen and oxygen atoms in total. The average molecular weight is 364 g/mol. The first-order valence-corrected chi connectivity index (χ1v) is 8.66. The van der Waals surface area contributed by atoms with E-state index in [0.29, 0.717) is 13.0 Å². The zero-order chi connectivity index (χ0) is 18.0. The average Bonchev–Trinajstić information content (AvgIpc) is 2.50. The van der Waals surface area contributed by atoms with Crippen LogP contribution < -0.4 is 10.0 Å². The molecular weight excluding hydrogens is 341 g/mol. The van der Waals surface area contributed by atoms with Crippen LogP contribution in [0.25, 0.3) is 0 Å². The molecule has 24 heavy (non-hydrogen) atoms. The van der Waals surface area contributed by atoms with E-state index in [9.17, 15) is 18.0 Å². The van der Waals surface area contributed by atoms with Crippen LogP contribution >= 0.6 is 11.9 Å². The number of hydrogen-bond donors (Lipinski definition) is 3. The van der Waals surface area contributed by atoms with E-state index in [1.54, 1.807) is 25.2 Å². The summed E-state index contributed by atoms with van der Waals surface area (Å²) in [6, 6.07) is 4.87. The summed E-state index contributed by atoms with van der Waals surface area (Å²) < 4.78 is 38.9. The lowest BCUT2D eigenvalue weighted by atomic mass is 10.1. The van der Waals surface area contributed by atoms with Crippen molar-refractivity contribution in [3.8, 4) is 0 Å². The number of carbonyl (C=O) groups is 1. The van der Waals surface area contributed by atoms with Crippen molar-refractivity contribution in [2.24, 2.45) is 0 Å². The van der Waals surface area contributed by atoms with Crippen molar-refractivity contribution in [2.45, 2.75) is 49.6 Å². The van der Waals surface area contributed by atoms with Gasteiger partial charge >= 0.3 is 12.1 Å². The lowest BCUT2D eigenvalue weighted by Gasteiger charge is -2.12. The van der Waals surface area contributed by atoms with Crippen LogP contribution in [0.2, 0.25) is 0 Å². The van der Waals surface area contributed by atoms with Crippen molar-refractivity contribution in [3.63, 3.8) is 0 Å². The first-order valence-electron chi connectivity index (χ1n) is 7.85. The Labute approximate surface area is 144 Å². The molecule has 0 aliphatic heterocycles. The summed E-state index contributed by atoms with van der Waals surface area (Å²) in [5.41, 5.74) is 1.07. The smallest absolute Gasteiger partial charge is 0.389 e. The Bertz CT molecular complexity index is 525. The monoisotopic (exact) mass is 364 g/mol. The van der Waals surface area contributed by atoms with Crippen LogP contribution in [0, 0.1) is 0 Å². The summed E-state index contributed by atoms with van der Waals surface area (Å²) in [6.07, 6.45) is -1.46. The number of nitrogens with one attached hydrogen (secondary N) is 2. The van der Waals surface area contributed by atoms with Crippen molar-refractivity contribution in [2.75, 3.05) is 18.9 Å². The Kier molecular flexibility index (Phi) is 8.99. The Morgan fingerprint density at radius 3 is 2.46 bits per heavy atom. The van der Waals surface area contributed by atoms with Crippen LogP contribution in [0.3, 0.4) is 0 Å². The molecule has 0 aromatic heterocycles. The Morgan fingerprint density at radius 2 is 1.83 bits per heavy atom. The molecule has 0 fully saturated rings. The highest BCUT2D eigenvalue weighted by Gasteiger charge is 2.25. The van der Waals surface area contributed by atoms with Crippen LogP contribution in [-0.2, 0) is 0 Å². The second-order valence-electron chi connectivity index (χ2n) is 5.38. The van der Waals surface area contributed by atoms with E-state index in [1.165, 1.54) is 11.9 Å².